The standard InChI is InChI=1S/C17H22O2/c1-11(2)16-8-9-17(15(16)10-16)7-6-12-13(18)4-3-5-14(12)19-17/h3-5,11,15,18H,6-10H2,1-2H3/t15-,16+,17+/m1/s1. The highest BCUT2D eigenvalue weighted by Crippen LogP contribution is 2.73. The first-order valence-electron chi connectivity index (χ1n) is 7.57. The van der Waals surface area contributed by atoms with E-state index in [1.807, 2.05) is 12.1 Å². The maximum Gasteiger partial charge on any atom is 0.127 e. The van der Waals surface area contributed by atoms with Gasteiger partial charge in [-0.15, -0.1) is 0 Å². The van der Waals surface area contributed by atoms with Gasteiger partial charge in [0.2, 0.25) is 0 Å². The average molecular weight is 258 g/mol. The lowest BCUT2D eigenvalue weighted by Gasteiger charge is -2.37. The lowest BCUT2D eigenvalue weighted by atomic mass is 9.86. The van der Waals surface area contributed by atoms with Crippen molar-refractivity contribution in [1.29, 1.82) is 0 Å². The highest BCUT2D eigenvalue weighted by Gasteiger charge is 2.70. The molecule has 102 valence electrons. The molecule has 2 saturated carbocycles. The van der Waals surface area contributed by atoms with Crippen LogP contribution in [0.5, 0.6) is 11.5 Å². The van der Waals surface area contributed by atoms with Crippen molar-refractivity contribution in [3.05, 3.63) is 23.8 Å². The fourth-order valence-corrected chi connectivity index (χ4v) is 4.78. The minimum Gasteiger partial charge on any atom is -0.508 e. The second-order valence-corrected chi connectivity index (χ2v) is 7.07. The van der Waals surface area contributed by atoms with Crippen molar-refractivity contribution < 1.29 is 9.84 Å². The molecular weight excluding hydrogens is 236 g/mol. The summed E-state index contributed by atoms with van der Waals surface area (Å²) in [6.07, 6.45) is 5.91. The monoisotopic (exact) mass is 258 g/mol. The molecule has 3 atom stereocenters. The minimum absolute atomic E-state index is 0.0745. The third kappa shape index (κ3) is 1.38. The zero-order valence-electron chi connectivity index (χ0n) is 11.8. The van der Waals surface area contributed by atoms with Crippen LogP contribution < -0.4 is 4.74 Å². The molecule has 1 aromatic rings. The molecule has 0 saturated heterocycles. The summed E-state index contributed by atoms with van der Waals surface area (Å²) in [4.78, 5) is 0. The number of ether oxygens (including phenoxy) is 1. The van der Waals surface area contributed by atoms with E-state index in [9.17, 15) is 5.11 Å². The second kappa shape index (κ2) is 3.47. The molecule has 2 heteroatoms. The molecule has 1 aromatic carbocycles. The number of benzene rings is 1. The molecule has 2 fully saturated rings. The van der Waals surface area contributed by atoms with Crippen molar-refractivity contribution in [3.63, 3.8) is 0 Å². The summed E-state index contributed by atoms with van der Waals surface area (Å²) in [7, 11) is 0. The van der Waals surface area contributed by atoms with Gasteiger partial charge in [0, 0.05) is 11.5 Å². The maximum atomic E-state index is 9.92. The summed E-state index contributed by atoms with van der Waals surface area (Å²) >= 11 is 0. The van der Waals surface area contributed by atoms with Gasteiger partial charge in [-0.25, -0.2) is 0 Å². The van der Waals surface area contributed by atoms with Crippen molar-refractivity contribution in [2.45, 2.75) is 51.6 Å². The summed E-state index contributed by atoms with van der Waals surface area (Å²) in [6.45, 7) is 4.73. The van der Waals surface area contributed by atoms with Gasteiger partial charge in [0.05, 0.1) is 0 Å². The summed E-state index contributed by atoms with van der Waals surface area (Å²) in [6, 6.07) is 5.68. The molecule has 2 nitrogen and oxygen atoms in total. The SMILES string of the molecule is CC(C)[C@@]12CC[C@@]3(CCc4c(O)cccc4O3)[C@@H]1C2. The number of phenols is 1. The van der Waals surface area contributed by atoms with E-state index in [2.05, 4.69) is 13.8 Å². The molecule has 19 heavy (non-hydrogen) atoms. The normalized spacial score (nSPS) is 39.0. The molecule has 1 N–H and O–H groups in total. The van der Waals surface area contributed by atoms with Crippen molar-refractivity contribution in [1.82, 2.24) is 0 Å². The van der Waals surface area contributed by atoms with Crippen molar-refractivity contribution in [2.75, 3.05) is 0 Å². The Balaban J connectivity index is 1.67. The van der Waals surface area contributed by atoms with E-state index in [4.69, 9.17) is 4.74 Å². The van der Waals surface area contributed by atoms with Crippen LogP contribution in [0.2, 0.25) is 0 Å². The van der Waals surface area contributed by atoms with Crippen molar-refractivity contribution in [2.24, 2.45) is 17.3 Å². The van der Waals surface area contributed by atoms with Gasteiger partial charge >= 0.3 is 0 Å². The number of hydrogen-bond acceptors (Lipinski definition) is 2. The number of rotatable bonds is 1. The molecular formula is C17H22O2. The Hall–Kier alpha value is -1.18. The first-order chi connectivity index (χ1) is 9.07. The van der Waals surface area contributed by atoms with Gasteiger partial charge in [-0.05, 0) is 55.6 Å². The number of hydrogen-bond donors (Lipinski definition) is 1. The van der Waals surface area contributed by atoms with Gasteiger partial charge in [-0.2, -0.15) is 0 Å². The predicted octanol–water partition coefficient (Wildman–Crippen LogP) is 3.91. The van der Waals surface area contributed by atoms with Crippen LogP contribution in [0, 0.1) is 17.3 Å². The molecule has 0 aromatic heterocycles. The Morgan fingerprint density at radius 2 is 2.11 bits per heavy atom. The summed E-state index contributed by atoms with van der Waals surface area (Å²) < 4.78 is 6.43. The Bertz CT molecular complexity index is 536. The van der Waals surface area contributed by atoms with E-state index in [0.29, 0.717) is 11.2 Å². The Labute approximate surface area is 114 Å². The zero-order valence-corrected chi connectivity index (χ0v) is 11.8. The van der Waals surface area contributed by atoms with Crippen LogP contribution in [0.25, 0.3) is 0 Å². The predicted molar refractivity (Wildman–Crippen MR) is 74.4 cm³/mol. The summed E-state index contributed by atoms with van der Waals surface area (Å²) in [5.74, 6) is 2.84. The zero-order chi connectivity index (χ0) is 13.3. The lowest BCUT2D eigenvalue weighted by molar-refractivity contribution is 0.0287. The summed E-state index contributed by atoms with van der Waals surface area (Å²) in [5.41, 5.74) is 1.65. The Kier molecular flexibility index (Phi) is 2.13. The van der Waals surface area contributed by atoms with Gasteiger partial charge < -0.3 is 9.84 Å². The van der Waals surface area contributed by atoms with Crippen molar-refractivity contribution >= 4 is 0 Å². The molecule has 1 heterocycles. The van der Waals surface area contributed by atoms with E-state index >= 15 is 0 Å². The van der Waals surface area contributed by atoms with E-state index in [0.717, 1.165) is 36.0 Å². The first kappa shape index (κ1) is 11.6. The second-order valence-electron chi connectivity index (χ2n) is 7.07. The van der Waals surface area contributed by atoms with Crippen molar-refractivity contribution in [3.8, 4) is 11.5 Å². The smallest absolute Gasteiger partial charge is 0.127 e. The maximum absolute atomic E-state index is 9.92. The Morgan fingerprint density at radius 1 is 1.26 bits per heavy atom. The van der Waals surface area contributed by atoms with Crippen LogP contribution >= 0.6 is 0 Å². The van der Waals surface area contributed by atoms with E-state index in [1.54, 1.807) is 6.07 Å². The van der Waals surface area contributed by atoms with Gasteiger partial charge in [-0.1, -0.05) is 19.9 Å². The molecule has 1 aliphatic heterocycles. The highest BCUT2D eigenvalue weighted by atomic mass is 16.5. The third-order valence-corrected chi connectivity index (χ3v) is 6.14. The van der Waals surface area contributed by atoms with Crippen LogP contribution in [0.4, 0.5) is 0 Å². The quantitative estimate of drug-likeness (QED) is 0.827. The molecule has 0 radical (unpaired) electrons. The van der Waals surface area contributed by atoms with Gasteiger partial charge in [0.1, 0.15) is 17.1 Å². The molecule has 3 aliphatic rings. The highest BCUT2D eigenvalue weighted by molar-refractivity contribution is 5.46. The lowest BCUT2D eigenvalue weighted by Crippen LogP contribution is -2.40. The van der Waals surface area contributed by atoms with E-state index < -0.39 is 0 Å². The van der Waals surface area contributed by atoms with Crippen LogP contribution in [-0.4, -0.2) is 10.7 Å². The topological polar surface area (TPSA) is 29.5 Å². The number of fused-ring (bicyclic) bond motifs is 3. The van der Waals surface area contributed by atoms with E-state index in [1.165, 1.54) is 19.3 Å². The van der Waals surface area contributed by atoms with Crippen LogP contribution in [0.3, 0.4) is 0 Å². The molecule has 2 aliphatic carbocycles. The minimum atomic E-state index is 0.0745. The molecule has 4 rings (SSSR count). The number of phenolic OH excluding ortho intramolecular Hbond substituents is 1. The fraction of sp³-hybridized carbons (Fsp3) is 0.647. The van der Waals surface area contributed by atoms with Gasteiger partial charge in [0.25, 0.3) is 0 Å². The van der Waals surface area contributed by atoms with Crippen LogP contribution in [0.1, 0.15) is 45.1 Å². The summed E-state index contributed by atoms with van der Waals surface area (Å²) in [5, 5.41) is 9.92. The first-order valence-corrected chi connectivity index (χ1v) is 7.57. The Morgan fingerprint density at radius 3 is 2.79 bits per heavy atom. The van der Waals surface area contributed by atoms with Gasteiger partial charge in [-0.3, -0.25) is 0 Å². The van der Waals surface area contributed by atoms with Crippen LogP contribution in [-0.2, 0) is 6.42 Å². The molecule has 1 spiro atoms. The number of aromatic hydroxyl groups is 1. The largest absolute Gasteiger partial charge is 0.508 e. The van der Waals surface area contributed by atoms with E-state index in [-0.39, 0.29) is 5.60 Å². The third-order valence-electron chi connectivity index (χ3n) is 6.14. The average Bonchev–Trinajstić information content (AvgIpc) is 3.07. The molecule has 0 amide bonds. The molecule has 0 bridgehead atoms. The van der Waals surface area contributed by atoms with Crippen LogP contribution in [0.15, 0.2) is 18.2 Å². The molecule has 0 unspecified atom stereocenters. The fourth-order valence-electron chi connectivity index (χ4n) is 4.78. The van der Waals surface area contributed by atoms with Gasteiger partial charge in [0.15, 0.2) is 0 Å².